The molecule has 1 amide bonds. The second kappa shape index (κ2) is 27.3. The molecule has 8 nitrogen and oxygen atoms in total. The smallest absolute Gasteiger partial charge is 0.268 e. The Bertz CT molecular complexity index is 768. The summed E-state index contributed by atoms with van der Waals surface area (Å²) in [5.74, 6) is -0.213. The number of hydrogen-bond donors (Lipinski definition) is 2. The van der Waals surface area contributed by atoms with Crippen molar-refractivity contribution in [2.24, 2.45) is 0 Å². The zero-order valence-corrected chi connectivity index (χ0v) is 29.3. The fraction of sp³-hybridized carbons (Fsp3) is 0.853. The van der Waals surface area contributed by atoms with Crippen molar-refractivity contribution in [3.63, 3.8) is 0 Å². The number of quaternary nitrogens is 1. The van der Waals surface area contributed by atoms with Crippen LogP contribution >= 0.6 is 7.82 Å². The number of phosphoric ester groups is 1. The van der Waals surface area contributed by atoms with Crippen LogP contribution in [0.1, 0.15) is 136 Å². The van der Waals surface area contributed by atoms with Crippen LogP contribution in [0.25, 0.3) is 0 Å². The van der Waals surface area contributed by atoms with Crippen molar-refractivity contribution in [3.8, 4) is 0 Å². The Morgan fingerprint density at radius 2 is 1.30 bits per heavy atom. The SMILES string of the molecule is CCCCC/C=C/CC/C=C/[C@@H](O)[C@H](COP(=O)([O-])OCC[N+](C)(C)C)NC(=O)CCCCCCCCCCCCCC. The van der Waals surface area contributed by atoms with Gasteiger partial charge in [-0.1, -0.05) is 122 Å². The molecule has 0 aliphatic heterocycles. The van der Waals surface area contributed by atoms with E-state index in [4.69, 9.17) is 9.05 Å². The first-order valence-corrected chi connectivity index (χ1v) is 18.7. The van der Waals surface area contributed by atoms with Crippen molar-refractivity contribution in [2.75, 3.05) is 40.9 Å². The molecule has 0 aliphatic carbocycles. The third-order valence-electron chi connectivity index (χ3n) is 7.41. The number of amides is 1. The zero-order chi connectivity index (χ0) is 32.2. The summed E-state index contributed by atoms with van der Waals surface area (Å²) >= 11 is 0. The summed E-state index contributed by atoms with van der Waals surface area (Å²) in [6, 6.07) is -0.894. The highest BCUT2D eigenvalue weighted by Crippen LogP contribution is 2.38. The third-order valence-corrected chi connectivity index (χ3v) is 8.38. The largest absolute Gasteiger partial charge is 0.756 e. The summed E-state index contributed by atoms with van der Waals surface area (Å²) in [7, 11) is 1.24. The van der Waals surface area contributed by atoms with Crippen LogP contribution in [0.3, 0.4) is 0 Å². The first-order chi connectivity index (χ1) is 20.5. The minimum absolute atomic E-state index is 0.00528. The molecule has 0 radical (unpaired) electrons. The van der Waals surface area contributed by atoms with E-state index >= 15 is 0 Å². The molecule has 2 N–H and O–H groups in total. The van der Waals surface area contributed by atoms with Crippen LogP contribution in [-0.2, 0) is 18.4 Å². The molecule has 0 aliphatic rings. The zero-order valence-electron chi connectivity index (χ0n) is 28.4. The summed E-state index contributed by atoms with van der Waals surface area (Å²) < 4.78 is 22.9. The van der Waals surface area contributed by atoms with Gasteiger partial charge in [0, 0.05) is 6.42 Å². The maximum absolute atomic E-state index is 12.7. The van der Waals surface area contributed by atoms with Crippen LogP contribution in [0.15, 0.2) is 24.3 Å². The summed E-state index contributed by atoms with van der Waals surface area (Å²) in [6.07, 6.45) is 28.0. The van der Waals surface area contributed by atoms with Crippen LogP contribution < -0.4 is 10.2 Å². The van der Waals surface area contributed by atoms with Gasteiger partial charge < -0.3 is 28.8 Å². The number of nitrogens with zero attached hydrogens (tertiary/aromatic N) is 1. The number of hydrogen-bond acceptors (Lipinski definition) is 6. The number of likely N-dealkylation sites (N-methyl/N-ethyl adjacent to an activating group) is 1. The van der Waals surface area contributed by atoms with Gasteiger partial charge >= 0.3 is 0 Å². The minimum atomic E-state index is -4.57. The predicted octanol–water partition coefficient (Wildman–Crippen LogP) is 7.60. The number of phosphoric acid groups is 1. The Hall–Kier alpha value is -1.02. The molecule has 0 rings (SSSR count). The minimum Gasteiger partial charge on any atom is -0.756 e. The average Bonchev–Trinajstić information content (AvgIpc) is 2.94. The van der Waals surface area contributed by atoms with E-state index in [1.807, 2.05) is 27.2 Å². The predicted molar refractivity (Wildman–Crippen MR) is 178 cm³/mol. The number of rotatable bonds is 30. The Morgan fingerprint density at radius 3 is 1.88 bits per heavy atom. The summed E-state index contributed by atoms with van der Waals surface area (Å²) in [4.78, 5) is 25.0. The van der Waals surface area contributed by atoms with E-state index in [9.17, 15) is 19.4 Å². The fourth-order valence-corrected chi connectivity index (χ4v) is 5.30. The molecule has 0 fully saturated rings. The molecule has 3 atom stereocenters. The van der Waals surface area contributed by atoms with Crippen LogP contribution in [0.2, 0.25) is 0 Å². The first-order valence-electron chi connectivity index (χ1n) is 17.2. The monoisotopic (exact) mass is 630 g/mol. The van der Waals surface area contributed by atoms with Gasteiger partial charge in [-0.15, -0.1) is 0 Å². The fourth-order valence-electron chi connectivity index (χ4n) is 4.58. The Labute approximate surface area is 264 Å². The van der Waals surface area contributed by atoms with Gasteiger partial charge in [0.25, 0.3) is 7.82 Å². The number of allylic oxidation sites excluding steroid dienone is 3. The molecule has 0 heterocycles. The van der Waals surface area contributed by atoms with Crippen molar-refractivity contribution in [2.45, 2.75) is 148 Å². The highest BCUT2D eigenvalue weighted by atomic mass is 31.2. The normalized spacial score (nSPS) is 15.2. The standard InChI is InChI=1S/C34H67N2O6P/c1-6-8-10-12-14-16-17-18-20-22-24-26-28-34(38)35-32(31-42-43(39,40)41-30-29-36(3,4)5)33(37)27-25-23-21-19-15-13-11-9-7-2/h15,19,25,27,32-33,37H,6-14,16-18,20-24,26,28-31H2,1-5H3,(H-,35,38,39,40)/b19-15+,27-25+/t32-,33+/m0/s1. The molecule has 0 aromatic heterocycles. The third kappa shape index (κ3) is 29.5. The maximum Gasteiger partial charge on any atom is 0.268 e. The van der Waals surface area contributed by atoms with E-state index in [0.717, 1.165) is 38.5 Å². The van der Waals surface area contributed by atoms with Gasteiger partial charge in [0.05, 0.1) is 39.9 Å². The second-order valence-electron chi connectivity index (χ2n) is 12.9. The van der Waals surface area contributed by atoms with Gasteiger partial charge in [-0.3, -0.25) is 9.36 Å². The van der Waals surface area contributed by atoms with Gasteiger partial charge in [0.2, 0.25) is 5.91 Å². The maximum atomic E-state index is 12.7. The van der Waals surface area contributed by atoms with Crippen LogP contribution in [0.5, 0.6) is 0 Å². The molecule has 9 heteroatoms. The average molecular weight is 631 g/mol. The van der Waals surface area contributed by atoms with Gasteiger partial charge in [0.15, 0.2) is 0 Å². The first kappa shape index (κ1) is 42.0. The van der Waals surface area contributed by atoms with Crippen LogP contribution in [0.4, 0.5) is 0 Å². The van der Waals surface area contributed by atoms with Crippen molar-refractivity contribution < 1.29 is 32.9 Å². The molecule has 0 spiro atoms. The molecule has 0 saturated heterocycles. The van der Waals surface area contributed by atoms with Gasteiger partial charge in [-0.05, 0) is 32.1 Å². The number of carbonyl (C=O) groups is 1. The van der Waals surface area contributed by atoms with Gasteiger partial charge in [-0.2, -0.15) is 0 Å². The van der Waals surface area contributed by atoms with Crippen molar-refractivity contribution in [3.05, 3.63) is 24.3 Å². The molecular formula is C34H67N2O6P. The van der Waals surface area contributed by atoms with E-state index in [2.05, 4.69) is 31.3 Å². The number of aliphatic hydroxyl groups excluding tert-OH is 1. The Morgan fingerprint density at radius 1 is 0.791 bits per heavy atom. The second-order valence-corrected chi connectivity index (χ2v) is 14.3. The Balaban J connectivity index is 4.62. The molecule has 1 unspecified atom stereocenters. The lowest BCUT2D eigenvalue weighted by Crippen LogP contribution is -2.45. The molecule has 0 saturated carbocycles. The lowest BCUT2D eigenvalue weighted by molar-refractivity contribution is -0.870. The molecule has 0 aromatic carbocycles. The lowest BCUT2D eigenvalue weighted by Gasteiger charge is -2.29. The topological polar surface area (TPSA) is 108 Å². The highest BCUT2D eigenvalue weighted by Gasteiger charge is 2.23. The highest BCUT2D eigenvalue weighted by molar-refractivity contribution is 7.45. The van der Waals surface area contributed by atoms with E-state index in [0.29, 0.717) is 17.4 Å². The lowest BCUT2D eigenvalue weighted by atomic mass is 10.0. The Kier molecular flexibility index (Phi) is 26.7. The molecule has 254 valence electrons. The van der Waals surface area contributed by atoms with Gasteiger partial charge in [-0.25, -0.2) is 0 Å². The van der Waals surface area contributed by atoms with Crippen molar-refractivity contribution in [1.29, 1.82) is 0 Å². The number of nitrogens with one attached hydrogen (secondary N) is 1. The molecule has 43 heavy (non-hydrogen) atoms. The number of carbonyl (C=O) groups excluding carboxylic acids is 1. The van der Waals surface area contributed by atoms with Gasteiger partial charge in [0.1, 0.15) is 13.2 Å². The molecular weight excluding hydrogens is 563 g/mol. The number of aliphatic hydroxyl groups is 1. The van der Waals surface area contributed by atoms with E-state index in [1.165, 1.54) is 77.0 Å². The van der Waals surface area contributed by atoms with E-state index in [-0.39, 0.29) is 12.5 Å². The van der Waals surface area contributed by atoms with Crippen LogP contribution in [0, 0.1) is 0 Å². The van der Waals surface area contributed by atoms with E-state index in [1.54, 1.807) is 6.08 Å². The summed E-state index contributed by atoms with van der Waals surface area (Å²) in [5.41, 5.74) is 0. The molecule has 0 aromatic rings. The van der Waals surface area contributed by atoms with Crippen molar-refractivity contribution in [1.82, 2.24) is 5.32 Å². The molecule has 0 bridgehead atoms. The van der Waals surface area contributed by atoms with E-state index < -0.39 is 26.6 Å². The number of unbranched alkanes of at least 4 members (excludes halogenated alkanes) is 15. The summed E-state index contributed by atoms with van der Waals surface area (Å²) in [5, 5.41) is 13.6. The van der Waals surface area contributed by atoms with Crippen molar-refractivity contribution >= 4 is 13.7 Å². The summed E-state index contributed by atoms with van der Waals surface area (Å²) in [6.45, 7) is 4.53. The quantitative estimate of drug-likeness (QED) is 0.0366. The van der Waals surface area contributed by atoms with Crippen LogP contribution in [-0.4, -0.2) is 68.5 Å².